The molecule has 6 rings (SSSR count). The second-order valence-corrected chi connectivity index (χ2v) is 10.4. The van der Waals surface area contributed by atoms with E-state index in [9.17, 15) is 29.4 Å². The fourth-order valence-corrected chi connectivity index (χ4v) is 4.71. The third-order valence-electron chi connectivity index (χ3n) is 6.85. The van der Waals surface area contributed by atoms with Crippen molar-refractivity contribution in [3.63, 3.8) is 0 Å². The Hall–Kier alpha value is -6.66. The van der Waals surface area contributed by atoms with E-state index in [1.807, 2.05) is 0 Å². The van der Waals surface area contributed by atoms with Crippen molar-refractivity contribution >= 4 is 58.3 Å². The number of ether oxygens (including phenoxy) is 1. The number of halogens is 1. The maximum absolute atomic E-state index is 12.9. The summed E-state index contributed by atoms with van der Waals surface area (Å²) in [6.45, 7) is 0.00979. The molecule has 0 bridgehead atoms. The van der Waals surface area contributed by atoms with Crippen LogP contribution in [-0.4, -0.2) is 77.0 Å². The summed E-state index contributed by atoms with van der Waals surface area (Å²) >= 11 is 6.31. The number of aromatic carboxylic acids is 2. The Balaban J connectivity index is 1.14. The van der Waals surface area contributed by atoms with E-state index >= 15 is 0 Å². The molecule has 2 aliphatic heterocycles. The van der Waals surface area contributed by atoms with Crippen LogP contribution in [0.25, 0.3) is 5.82 Å². The molecule has 0 atom stereocenters. The monoisotopic (exact) mass is 672 g/mol. The number of nitrogens with two attached hydrogens (primary N) is 1. The minimum Gasteiger partial charge on any atom is -0.492 e. The molecule has 4 heterocycles. The minimum absolute atomic E-state index is 0.00565. The highest BCUT2D eigenvalue weighted by Gasteiger charge is 2.26. The number of nitrogens with one attached hydrogen (secondary N) is 3. The maximum Gasteiger partial charge on any atom is 0.337 e. The van der Waals surface area contributed by atoms with Crippen LogP contribution in [0, 0.1) is 0 Å². The summed E-state index contributed by atoms with van der Waals surface area (Å²) in [6, 6.07) is 9.83. The molecule has 0 radical (unpaired) electrons. The predicted molar refractivity (Wildman–Crippen MR) is 168 cm³/mol. The maximum atomic E-state index is 12.9. The summed E-state index contributed by atoms with van der Waals surface area (Å²) in [7, 11) is 0. The molecule has 18 nitrogen and oxygen atoms in total. The minimum atomic E-state index is -1.33. The van der Waals surface area contributed by atoms with Crippen molar-refractivity contribution < 1.29 is 39.7 Å². The highest BCUT2D eigenvalue weighted by molar-refractivity contribution is 6.48. The summed E-state index contributed by atoms with van der Waals surface area (Å²) in [4.78, 5) is 53.6. The number of rotatable bonds is 11. The van der Waals surface area contributed by atoms with Gasteiger partial charge in [-0.3, -0.25) is 14.2 Å². The lowest BCUT2D eigenvalue weighted by atomic mass is 10.1. The van der Waals surface area contributed by atoms with Gasteiger partial charge in [0.25, 0.3) is 11.8 Å². The number of quaternary nitrogens is 1. The molecule has 242 valence electrons. The number of amidine groups is 1. The van der Waals surface area contributed by atoms with Crippen molar-refractivity contribution in [1.82, 2.24) is 30.4 Å². The Morgan fingerprint density at radius 1 is 0.938 bits per heavy atom. The molecular weight excluding hydrogens is 650 g/mol. The molecule has 2 aliphatic rings. The SMILES string of the molecule is O=C(Nc1cc(OCCc2ccc(C(=O)O)c(NC(=O)c3ccc(-n4ccnc4)nn3)c2)c(Cl)cc1C(=O)O)C1=NN2[NH2+]NN=C2C=C1. The third kappa shape index (κ3) is 6.78. The van der Waals surface area contributed by atoms with Crippen molar-refractivity contribution in [2.24, 2.45) is 10.2 Å². The standard InChI is InChI=1S/C29H22ClN11O7/c30-18-12-17(29(46)47)22(33-27(43)20-4-6-25-36-38-39-41(25)37-20)13-23(18)48-10-7-15-1-2-16(28(44)45)21(11-15)32-26(42)19-3-5-24(35-34-19)40-9-8-31-14-40/h1-6,8-9,11-14,38-39H,7,10H2,(H,32,42)(H,33,43)(H,44,45)(H,46,47)/p+1. The number of amides is 2. The number of fused-ring (bicyclic) bond motifs is 1. The summed E-state index contributed by atoms with van der Waals surface area (Å²) in [5, 5.41) is 41.8. The van der Waals surface area contributed by atoms with E-state index in [0.717, 1.165) is 6.07 Å². The Labute approximate surface area is 274 Å². The molecule has 2 aromatic heterocycles. The number of hydrogen-bond donors (Lipinski definition) is 6. The molecule has 7 N–H and O–H groups in total. The van der Waals surface area contributed by atoms with E-state index in [2.05, 4.69) is 41.6 Å². The van der Waals surface area contributed by atoms with E-state index in [1.165, 1.54) is 47.3 Å². The van der Waals surface area contributed by atoms with E-state index < -0.39 is 23.8 Å². The largest absolute Gasteiger partial charge is 0.492 e. The Morgan fingerprint density at radius 2 is 1.73 bits per heavy atom. The molecular formula is C29H23ClN11O7+. The predicted octanol–water partition coefficient (Wildman–Crippen LogP) is 1.06. The van der Waals surface area contributed by atoms with Crippen LogP contribution in [0.2, 0.25) is 5.02 Å². The van der Waals surface area contributed by atoms with Gasteiger partial charge in [-0.2, -0.15) is 0 Å². The van der Waals surface area contributed by atoms with Crippen LogP contribution in [0.15, 0.2) is 83.5 Å². The number of carboxylic acid groups (broad SMARTS) is 2. The number of benzene rings is 2. The van der Waals surface area contributed by atoms with Crippen molar-refractivity contribution in [1.29, 1.82) is 0 Å². The van der Waals surface area contributed by atoms with Gasteiger partial charge >= 0.3 is 11.9 Å². The van der Waals surface area contributed by atoms with Crippen LogP contribution < -0.4 is 26.4 Å². The van der Waals surface area contributed by atoms with Gasteiger partial charge in [-0.1, -0.05) is 22.8 Å². The van der Waals surface area contributed by atoms with Crippen LogP contribution in [0.3, 0.4) is 0 Å². The molecule has 0 aliphatic carbocycles. The zero-order valence-electron chi connectivity index (χ0n) is 24.4. The van der Waals surface area contributed by atoms with Crippen molar-refractivity contribution in [2.75, 3.05) is 17.2 Å². The van der Waals surface area contributed by atoms with Gasteiger partial charge in [-0.25, -0.2) is 14.6 Å². The molecule has 2 amide bonds. The number of imidazole rings is 1. The van der Waals surface area contributed by atoms with Gasteiger partial charge in [0.2, 0.25) is 5.84 Å². The number of hydrogen-bond acceptors (Lipinski definition) is 12. The first kappa shape index (κ1) is 31.3. The lowest BCUT2D eigenvalue weighted by Gasteiger charge is -2.15. The van der Waals surface area contributed by atoms with Crippen LogP contribution in [0.4, 0.5) is 11.4 Å². The van der Waals surface area contributed by atoms with Crippen molar-refractivity contribution in [2.45, 2.75) is 6.42 Å². The first-order valence-corrected chi connectivity index (χ1v) is 14.3. The Bertz CT molecular complexity index is 2030. The topological polar surface area (TPSA) is 242 Å². The second-order valence-electron chi connectivity index (χ2n) is 9.96. The zero-order valence-corrected chi connectivity index (χ0v) is 25.1. The van der Waals surface area contributed by atoms with Gasteiger partial charge < -0.3 is 25.6 Å². The zero-order chi connectivity index (χ0) is 33.8. The molecule has 0 saturated carbocycles. The van der Waals surface area contributed by atoms with E-state index in [-0.39, 0.29) is 57.7 Å². The lowest BCUT2D eigenvalue weighted by molar-refractivity contribution is -0.822. The molecule has 0 fully saturated rings. The lowest BCUT2D eigenvalue weighted by Crippen LogP contribution is -2.96. The number of anilines is 2. The van der Waals surface area contributed by atoms with Gasteiger partial charge in [0.15, 0.2) is 17.2 Å². The quantitative estimate of drug-likeness (QED) is 0.123. The Morgan fingerprint density at radius 3 is 2.46 bits per heavy atom. The smallest absolute Gasteiger partial charge is 0.337 e. The summed E-state index contributed by atoms with van der Waals surface area (Å²) in [6.07, 6.45) is 7.97. The van der Waals surface area contributed by atoms with Crippen LogP contribution >= 0.6 is 11.6 Å². The first-order valence-electron chi connectivity index (χ1n) is 13.9. The highest BCUT2D eigenvalue weighted by atomic mass is 35.5. The van der Waals surface area contributed by atoms with Crippen LogP contribution in [0.1, 0.15) is 36.8 Å². The molecule has 0 unspecified atom stereocenters. The first-order chi connectivity index (χ1) is 23.2. The fourth-order valence-electron chi connectivity index (χ4n) is 4.50. The van der Waals surface area contributed by atoms with E-state index in [0.29, 0.717) is 17.2 Å². The average Bonchev–Trinajstić information content (AvgIpc) is 3.78. The molecule has 4 aromatic rings. The van der Waals surface area contributed by atoms with Crippen molar-refractivity contribution in [3.8, 4) is 11.6 Å². The molecule has 0 saturated heterocycles. The van der Waals surface area contributed by atoms with Gasteiger partial charge in [0, 0.05) is 24.9 Å². The third-order valence-corrected chi connectivity index (χ3v) is 7.14. The van der Waals surface area contributed by atoms with Gasteiger partial charge in [0.05, 0.1) is 34.1 Å². The Kier molecular flexibility index (Phi) is 8.72. The number of carboxylic acids is 2. The molecule has 19 heteroatoms. The van der Waals surface area contributed by atoms with E-state index in [4.69, 9.17) is 16.3 Å². The number of nitrogens with zero attached hydrogens (tertiary/aromatic N) is 7. The van der Waals surface area contributed by atoms with E-state index in [1.54, 1.807) is 35.2 Å². The highest BCUT2D eigenvalue weighted by Crippen LogP contribution is 2.32. The van der Waals surface area contributed by atoms with Crippen LogP contribution in [0.5, 0.6) is 5.75 Å². The second kappa shape index (κ2) is 13.4. The van der Waals surface area contributed by atoms with Gasteiger partial charge in [0.1, 0.15) is 12.1 Å². The molecule has 48 heavy (non-hydrogen) atoms. The normalized spacial score (nSPS) is 13.1. The number of hydrazone groups is 2. The molecule has 0 spiro atoms. The van der Waals surface area contributed by atoms with Crippen molar-refractivity contribution in [3.05, 3.63) is 101 Å². The van der Waals surface area contributed by atoms with Gasteiger partial charge in [-0.15, -0.1) is 31.5 Å². The summed E-state index contributed by atoms with van der Waals surface area (Å²) < 4.78 is 7.43. The number of carbonyl (C=O) groups is 4. The number of carbonyl (C=O) groups excluding carboxylic acids is 2. The molecule has 2 aromatic carbocycles. The van der Waals surface area contributed by atoms with Crippen LogP contribution in [-0.2, 0) is 11.2 Å². The average molecular weight is 673 g/mol. The summed E-state index contributed by atoms with van der Waals surface area (Å²) in [5.74, 6) is -2.96. The van der Waals surface area contributed by atoms with Gasteiger partial charge in [-0.05, 0) is 48.0 Å². The fraction of sp³-hybridized carbons (Fsp3) is 0.0690. The number of aromatic nitrogens is 4. The summed E-state index contributed by atoms with van der Waals surface area (Å²) in [5.41, 5.74) is 4.13.